The second-order valence-electron chi connectivity index (χ2n) is 25.5. The normalized spacial score (nSPS) is 17.5. The van der Waals surface area contributed by atoms with Gasteiger partial charge in [0.2, 0.25) is 0 Å². The number of unbranched alkanes of at least 4 members (excludes halogenated alkanes) is 6. The third kappa shape index (κ3) is 31.8. The Kier molecular flexibility index (Phi) is 44.3. The van der Waals surface area contributed by atoms with Crippen LogP contribution in [-0.4, -0.2) is 113 Å². The van der Waals surface area contributed by atoms with Crippen LogP contribution in [0, 0.1) is 12.3 Å². The first kappa shape index (κ1) is 83.2. The van der Waals surface area contributed by atoms with E-state index in [2.05, 4.69) is 81.9 Å². The summed E-state index contributed by atoms with van der Waals surface area (Å²) in [6.45, 7) is 27.7. The van der Waals surface area contributed by atoms with Gasteiger partial charge in [-0.05, 0) is 37.5 Å². The molecule has 0 radical (unpaired) electrons. The Labute approximate surface area is 573 Å². The third-order valence-corrected chi connectivity index (χ3v) is 48.5. The molecule has 3 heterocycles. The van der Waals surface area contributed by atoms with Gasteiger partial charge in [-0.1, -0.05) is 25.5 Å². The molecule has 6 rings (SSSR count). The monoisotopic (exact) mass is 1510 g/mol. The molecule has 3 aliphatic heterocycles. The molecule has 0 saturated carbocycles. The van der Waals surface area contributed by atoms with E-state index >= 15 is 0 Å². The Morgan fingerprint density at radius 1 is 0.495 bits per heavy atom. The minimum absolute atomic E-state index is 0. The number of carbonyl (C=O) groups excluding carboxylic acids is 3. The average molecular weight is 1510 g/mol. The number of ether oxygens (including phenoxy) is 9. The fourth-order valence-electron chi connectivity index (χ4n) is 12.7. The van der Waals surface area contributed by atoms with Crippen molar-refractivity contribution in [1.29, 1.82) is 0 Å². The SMILES string of the molecule is C.C#C[C@@H](CC(=O)OCC)c1ccc(OC2CCCCO2)cc1.C=[C]([C@@H](CC(=O)OCC)c1ccc(OC2CCCCO2)cc1)[Sn]([CH2]CCC)([CH2]CCC)[CH2]CCC.CCC[CH2][Sn](/[CH]=C/[C@@H](CC(=O)OCC)c1ccc(OC2CCCCO2)cc1)([CH2]CCC)[CH2]CCC. The maximum atomic E-state index is 12.7. The Morgan fingerprint density at radius 2 is 0.839 bits per heavy atom. The Balaban J connectivity index is 0.000000372. The number of esters is 3. The van der Waals surface area contributed by atoms with E-state index in [1.165, 1.54) is 113 Å². The second-order valence-corrected chi connectivity index (χ2v) is 51.9. The van der Waals surface area contributed by atoms with Crippen LogP contribution >= 0.6 is 0 Å². The van der Waals surface area contributed by atoms with Crippen LogP contribution < -0.4 is 14.2 Å². The molecule has 0 aliphatic carbocycles. The number of terminal acetylenes is 1. The molecule has 93 heavy (non-hydrogen) atoms. The first-order valence-electron chi connectivity index (χ1n) is 36.2. The van der Waals surface area contributed by atoms with Gasteiger partial charge in [-0.25, -0.2) is 0 Å². The number of benzene rings is 3. The van der Waals surface area contributed by atoms with Crippen molar-refractivity contribution in [2.45, 2.75) is 287 Å². The summed E-state index contributed by atoms with van der Waals surface area (Å²) in [5.74, 6) is 4.36. The summed E-state index contributed by atoms with van der Waals surface area (Å²) >= 11 is -5.19. The minimum atomic E-state index is -2.75. The van der Waals surface area contributed by atoms with Crippen LogP contribution in [0.4, 0.5) is 0 Å². The standard InChI is InChI=1S/2C18H23O4.C18H22O4.6C4H9.CH4.2Sn/c3*1-3-14(13-17(19)20-4-2)15-8-10-16(11-9-15)22-18-7-5-6-12-21-18;6*1-3-4-2;;;/h8-11,14,18H,1,4-7,12-13H2,2H3;1,3,8-11,14,18H,4-7,12-13H2,2H3;1,8-11,14,18H,4-7,12-13H2,2H3;6*1,3-4H2,2H3;1H4;;/t3*14-,18?;;;;;;;;;/m000........./s1. The van der Waals surface area contributed by atoms with E-state index in [-0.39, 0.29) is 68.4 Å². The number of carbonyl (C=O) groups is 3. The van der Waals surface area contributed by atoms with Gasteiger partial charge in [-0.15, -0.1) is 6.42 Å². The molecule has 6 atom stereocenters. The van der Waals surface area contributed by atoms with Gasteiger partial charge in [0.1, 0.15) is 5.75 Å². The summed E-state index contributed by atoms with van der Waals surface area (Å²) in [6, 6.07) is 24.2. The van der Waals surface area contributed by atoms with E-state index in [9.17, 15) is 14.4 Å². The van der Waals surface area contributed by atoms with Crippen molar-refractivity contribution in [3.05, 3.63) is 110 Å². The van der Waals surface area contributed by atoms with E-state index in [0.717, 1.165) is 106 Å². The molecule has 0 spiro atoms. The fourth-order valence-corrected chi connectivity index (χ4v) is 43.7. The van der Waals surface area contributed by atoms with E-state index in [1.807, 2.05) is 62.4 Å². The molecular formula is C79H126O12Sn2. The van der Waals surface area contributed by atoms with Gasteiger partial charge in [0.25, 0.3) is 0 Å². The van der Waals surface area contributed by atoms with Crippen LogP contribution in [0.15, 0.2) is 93.1 Å². The molecule has 0 N–H and O–H groups in total. The van der Waals surface area contributed by atoms with E-state index in [4.69, 9.17) is 55.6 Å². The quantitative estimate of drug-likeness (QED) is 0.0232. The van der Waals surface area contributed by atoms with Crippen molar-refractivity contribution in [2.75, 3.05) is 39.6 Å². The van der Waals surface area contributed by atoms with E-state index < -0.39 is 36.8 Å². The van der Waals surface area contributed by atoms with Gasteiger partial charge in [-0.2, -0.15) is 0 Å². The first-order valence-corrected chi connectivity index (χ1v) is 51.4. The Bertz CT molecular complexity index is 2480. The van der Waals surface area contributed by atoms with Crippen LogP contribution in [0.2, 0.25) is 26.6 Å². The molecule has 3 aromatic rings. The fraction of sp³-hybridized carbons (Fsp3) is 0.658. The van der Waals surface area contributed by atoms with Crippen molar-refractivity contribution in [2.24, 2.45) is 0 Å². The van der Waals surface area contributed by atoms with Crippen LogP contribution in [0.25, 0.3) is 0 Å². The van der Waals surface area contributed by atoms with Crippen LogP contribution in [0.3, 0.4) is 0 Å². The molecule has 12 nitrogen and oxygen atoms in total. The van der Waals surface area contributed by atoms with Gasteiger partial charge >= 0.3 is 445 Å². The van der Waals surface area contributed by atoms with Crippen LogP contribution in [0.1, 0.15) is 258 Å². The van der Waals surface area contributed by atoms with Gasteiger partial charge in [0.05, 0.1) is 25.6 Å². The van der Waals surface area contributed by atoms with Crippen LogP contribution in [0.5, 0.6) is 17.2 Å². The summed E-state index contributed by atoms with van der Waals surface area (Å²) < 4.78 is 63.1. The van der Waals surface area contributed by atoms with Crippen molar-refractivity contribution < 1.29 is 57.0 Å². The summed E-state index contributed by atoms with van der Waals surface area (Å²) in [7, 11) is 0. The number of rotatable bonds is 40. The molecule has 3 saturated heterocycles. The summed E-state index contributed by atoms with van der Waals surface area (Å²) in [5, 5.41) is 0. The van der Waals surface area contributed by atoms with Crippen molar-refractivity contribution in [3.8, 4) is 29.6 Å². The predicted molar refractivity (Wildman–Crippen MR) is 388 cm³/mol. The van der Waals surface area contributed by atoms with E-state index in [0.29, 0.717) is 32.7 Å². The Hall–Kier alpha value is -4.01. The van der Waals surface area contributed by atoms with Gasteiger partial charge < -0.3 is 14.2 Å². The molecule has 3 aromatic carbocycles. The molecule has 3 aliphatic rings. The number of allylic oxidation sites excluding steroid dienone is 2. The Morgan fingerprint density at radius 3 is 1.18 bits per heavy atom. The molecule has 0 amide bonds. The molecule has 0 bridgehead atoms. The molecule has 3 unspecified atom stereocenters. The third-order valence-electron chi connectivity index (χ3n) is 18.2. The van der Waals surface area contributed by atoms with Crippen molar-refractivity contribution in [1.82, 2.24) is 0 Å². The van der Waals surface area contributed by atoms with Gasteiger partial charge in [0.15, 0.2) is 6.29 Å². The molecule has 14 heteroatoms. The van der Waals surface area contributed by atoms with Crippen molar-refractivity contribution in [3.63, 3.8) is 0 Å². The zero-order valence-corrected chi connectivity index (χ0v) is 64.4. The van der Waals surface area contributed by atoms with E-state index in [1.54, 1.807) is 6.92 Å². The zero-order chi connectivity index (χ0) is 66.7. The van der Waals surface area contributed by atoms with Crippen LogP contribution in [-0.2, 0) is 42.8 Å². The van der Waals surface area contributed by atoms with Gasteiger partial charge in [-0.3, -0.25) is 4.79 Å². The molecule has 3 fully saturated rings. The molecule has 0 aromatic heterocycles. The molecular weight excluding hydrogens is 1380 g/mol. The predicted octanol–water partition coefficient (Wildman–Crippen LogP) is 21.0. The first-order chi connectivity index (χ1) is 44.8. The summed E-state index contributed by atoms with van der Waals surface area (Å²) in [5.41, 5.74) is 3.24. The van der Waals surface area contributed by atoms with Gasteiger partial charge in [0, 0.05) is 6.42 Å². The zero-order valence-electron chi connectivity index (χ0n) is 58.7. The maximum absolute atomic E-state index is 12.7. The summed E-state index contributed by atoms with van der Waals surface area (Å²) in [4.78, 5) is 36.8. The summed E-state index contributed by atoms with van der Waals surface area (Å²) in [6.07, 6.45) is 33.3. The van der Waals surface area contributed by atoms with Crippen molar-refractivity contribution >= 4 is 54.7 Å². The second kappa shape index (κ2) is 49.5. The topological polar surface area (TPSA) is 134 Å². The average Bonchev–Trinajstić information content (AvgIpc) is 1.23. The molecule has 522 valence electrons. The number of hydrogen-bond donors (Lipinski definition) is 0. The number of hydrogen-bond acceptors (Lipinski definition) is 12.